The fourth-order valence-corrected chi connectivity index (χ4v) is 10.9. The monoisotopic (exact) mass is 858 g/mol. The number of benzene rings is 4. The molecule has 4 fully saturated rings. The lowest BCUT2D eigenvalue weighted by Crippen LogP contribution is -2.31. The molecular weight excluding hydrogens is 813 g/mol. The van der Waals surface area contributed by atoms with Crippen molar-refractivity contribution in [2.75, 3.05) is 46.2 Å². The Morgan fingerprint density at radius 1 is 0.596 bits per heavy atom. The van der Waals surface area contributed by atoms with Gasteiger partial charge in [-0.15, -0.1) is 0 Å². The molecule has 5 N–H and O–H groups in total. The number of rotatable bonds is 17. The number of phosphoric ester groups is 3. The van der Waals surface area contributed by atoms with E-state index < -0.39 is 98.2 Å². The highest BCUT2D eigenvalue weighted by Crippen LogP contribution is 2.52. The quantitative estimate of drug-likeness (QED) is 0.0717. The molecule has 4 heterocycles. The van der Waals surface area contributed by atoms with Crippen LogP contribution in [0.15, 0.2) is 54.6 Å². The molecule has 4 aliphatic heterocycles. The van der Waals surface area contributed by atoms with Crippen LogP contribution in [0.3, 0.4) is 0 Å². The van der Waals surface area contributed by atoms with Crippen LogP contribution >= 0.6 is 23.5 Å². The number of ether oxygens (including phenoxy) is 4. The zero-order chi connectivity index (χ0) is 40.0. The molecule has 8 rings (SSSR count). The molecule has 4 aromatic rings. The largest absolute Gasteiger partial charge is 0.472 e. The highest BCUT2D eigenvalue weighted by atomic mass is 31.2. The second-order valence-corrected chi connectivity index (χ2v) is 18.7. The van der Waals surface area contributed by atoms with Crippen LogP contribution in [-0.4, -0.2) is 120 Å². The fourth-order valence-electron chi connectivity index (χ4n) is 7.94. The fraction of sp³-hybridized carbons (Fsp3) is 0.556. The summed E-state index contributed by atoms with van der Waals surface area (Å²) in [7, 11) is -14.2. The first-order valence-corrected chi connectivity index (χ1v) is 23.2. The van der Waals surface area contributed by atoms with Gasteiger partial charge in [0.05, 0.1) is 38.6 Å². The predicted molar refractivity (Wildman–Crippen MR) is 200 cm³/mol. The Labute approximate surface area is 326 Å². The molecule has 0 saturated carbocycles. The van der Waals surface area contributed by atoms with E-state index in [0.717, 1.165) is 37.9 Å². The molecule has 21 heteroatoms. The molecule has 0 aliphatic carbocycles. The summed E-state index contributed by atoms with van der Waals surface area (Å²) in [6.07, 6.45) is -7.52. The van der Waals surface area contributed by atoms with E-state index in [1.54, 1.807) is 0 Å². The molecule has 4 aromatic carbocycles. The molecule has 4 aliphatic rings. The molecule has 0 amide bonds. The van der Waals surface area contributed by atoms with Gasteiger partial charge in [-0.1, -0.05) is 54.6 Å². The number of phosphoric acid groups is 3. The third-order valence-electron chi connectivity index (χ3n) is 10.8. The summed E-state index contributed by atoms with van der Waals surface area (Å²) in [6.45, 7) is -1.49. The zero-order valence-electron chi connectivity index (χ0n) is 30.6. The van der Waals surface area contributed by atoms with Gasteiger partial charge in [0, 0.05) is 39.1 Å². The molecule has 312 valence electrons. The molecular formula is C36H45O18P3. The van der Waals surface area contributed by atoms with E-state index >= 15 is 0 Å². The molecule has 0 bridgehead atoms. The molecule has 18 nitrogen and oxygen atoms in total. The minimum atomic E-state index is -4.80. The first-order chi connectivity index (χ1) is 27.3. The van der Waals surface area contributed by atoms with Crippen LogP contribution in [0.5, 0.6) is 0 Å². The smallest absolute Gasteiger partial charge is 0.394 e. The lowest BCUT2D eigenvalue weighted by molar-refractivity contribution is -0.0345. The van der Waals surface area contributed by atoms with Crippen molar-refractivity contribution in [2.24, 2.45) is 0 Å². The van der Waals surface area contributed by atoms with Gasteiger partial charge in [-0.2, -0.15) is 0 Å². The van der Waals surface area contributed by atoms with E-state index in [-0.39, 0.29) is 45.7 Å². The minimum absolute atomic E-state index is 0.0791. The maximum absolute atomic E-state index is 13.2. The summed E-state index contributed by atoms with van der Waals surface area (Å²) in [5.41, 5.74) is 0.852. The zero-order valence-corrected chi connectivity index (χ0v) is 33.2. The lowest BCUT2D eigenvalue weighted by atomic mass is 9.90. The van der Waals surface area contributed by atoms with Gasteiger partial charge in [-0.3, -0.25) is 27.1 Å². The molecule has 57 heavy (non-hydrogen) atoms. The van der Waals surface area contributed by atoms with E-state index in [1.807, 2.05) is 30.3 Å². The summed E-state index contributed by atoms with van der Waals surface area (Å²) in [5.74, 6) is 0. The summed E-state index contributed by atoms with van der Waals surface area (Å²) in [6, 6.07) is 18.3. The second-order valence-electron chi connectivity index (χ2n) is 14.5. The van der Waals surface area contributed by atoms with Crippen molar-refractivity contribution in [3.05, 3.63) is 60.2 Å². The topological polar surface area (TPSA) is 245 Å². The molecule has 0 aromatic heterocycles. The third-order valence-corrected chi connectivity index (χ3v) is 13.8. The van der Waals surface area contributed by atoms with Crippen LogP contribution in [0.25, 0.3) is 32.3 Å². The number of aliphatic hydroxyl groups is 2. The Hall–Kier alpha value is -1.99. The van der Waals surface area contributed by atoms with E-state index in [9.17, 15) is 38.6 Å². The average Bonchev–Trinajstić information content (AvgIpc) is 3.99. The molecule has 3 unspecified atom stereocenters. The Morgan fingerprint density at radius 3 is 1.65 bits per heavy atom. The Balaban J connectivity index is 0.836. The molecule has 0 spiro atoms. The third kappa shape index (κ3) is 9.50. The summed E-state index contributed by atoms with van der Waals surface area (Å²) in [4.78, 5) is 31.5. The van der Waals surface area contributed by atoms with E-state index in [0.29, 0.717) is 6.42 Å². The van der Waals surface area contributed by atoms with Gasteiger partial charge in [0.25, 0.3) is 0 Å². The van der Waals surface area contributed by atoms with Crippen molar-refractivity contribution in [1.29, 1.82) is 0 Å². The summed E-state index contributed by atoms with van der Waals surface area (Å²) in [5, 5.41) is 26.4. The molecule has 12 atom stereocenters. The van der Waals surface area contributed by atoms with Crippen LogP contribution in [0, 0.1) is 0 Å². The van der Waals surface area contributed by atoms with Crippen molar-refractivity contribution < 1.29 is 84.7 Å². The first kappa shape index (κ1) is 41.7. The van der Waals surface area contributed by atoms with Crippen LogP contribution in [0.4, 0.5) is 0 Å². The number of hydrogen-bond acceptors (Lipinski definition) is 15. The maximum atomic E-state index is 13.2. The Morgan fingerprint density at radius 2 is 1.09 bits per heavy atom. The Bertz CT molecular complexity index is 2160. The van der Waals surface area contributed by atoms with Crippen LogP contribution in [-0.2, 0) is 59.8 Å². The van der Waals surface area contributed by atoms with Gasteiger partial charge in [-0.25, -0.2) is 13.7 Å². The van der Waals surface area contributed by atoms with Crippen molar-refractivity contribution in [3.63, 3.8) is 0 Å². The highest BCUT2D eigenvalue weighted by Gasteiger charge is 2.44. The van der Waals surface area contributed by atoms with E-state index in [2.05, 4.69) is 24.3 Å². The van der Waals surface area contributed by atoms with Gasteiger partial charge in [0.2, 0.25) is 0 Å². The van der Waals surface area contributed by atoms with Gasteiger partial charge in [0.15, 0.2) is 0 Å². The first-order valence-electron chi connectivity index (χ1n) is 18.7. The predicted octanol–water partition coefficient (Wildman–Crippen LogP) is 4.64. The second kappa shape index (κ2) is 17.2. The van der Waals surface area contributed by atoms with Crippen molar-refractivity contribution in [2.45, 2.75) is 80.6 Å². The van der Waals surface area contributed by atoms with Gasteiger partial charge in [-0.05, 0) is 44.3 Å². The van der Waals surface area contributed by atoms with E-state index in [1.165, 1.54) is 0 Å². The van der Waals surface area contributed by atoms with Crippen molar-refractivity contribution >= 4 is 55.8 Å². The standard InChI is InChI=1S/C36H45O18P3/c37-17-31-30(16-29(51-31)24-8-6-23-5-4-21-2-1-3-22-7-9-25(24)36(23)35(21)22)54-57(43,44)50-20-34-28(12-15-47-34)53-56(41,42)49-19-33-27(11-14-46-33)52-55(39,40)48-18-32-26(38)10-13-45-32/h1-9,26-34,37-38H,10-20H2,(H,39,40)(H,41,42)(H,43,44)/t26-,27-,28-,29+,30-,31+,32+,33+,34+/m0/s1. The molecule has 0 radical (unpaired) electrons. The van der Waals surface area contributed by atoms with Gasteiger partial charge in [0.1, 0.15) is 42.7 Å². The highest BCUT2D eigenvalue weighted by molar-refractivity contribution is 7.48. The lowest BCUT2D eigenvalue weighted by Gasteiger charge is -2.25. The average molecular weight is 859 g/mol. The number of hydrogen-bond donors (Lipinski definition) is 5. The van der Waals surface area contributed by atoms with Crippen molar-refractivity contribution in [1.82, 2.24) is 0 Å². The van der Waals surface area contributed by atoms with E-state index in [4.69, 9.17) is 46.1 Å². The van der Waals surface area contributed by atoms with Crippen LogP contribution in [0.2, 0.25) is 0 Å². The van der Waals surface area contributed by atoms with Gasteiger partial charge >= 0.3 is 23.5 Å². The normalized spacial score (nSPS) is 32.7. The maximum Gasteiger partial charge on any atom is 0.472 e. The number of aliphatic hydroxyl groups excluding tert-OH is 2. The van der Waals surface area contributed by atoms with Crippen LogP contribution < -0.4 is 0 Å². The SMILES string of the molecule is O=P(O)(OC[C@H]1OCC[C@@H]1O)O[C@H]1CCO[C@@H]1COP(=O)(O)O[C@H]1CCO[C@@H]1COP(=O)(O)O[C@H]1C[C@H](c2ccc3ccc4cccc5ccc2c3c45)O[C@@H]1CO. The molecule has 4 saturated heterocycles. The summed E-state index contributed by atoms with van der Waals surface area (Å²) >= 11 is 0. The Kier molecular flexibility index (Phi) is 12.6. The van der Waals surface area contributed by atoms with Gasteiger partial charge < -0.3 is 43.8 Å². The van der Waals surface area contributed by atoms with Crippen molar-refractivity contribution in [3.8, 4) is 0 Å². The minimum Gasteiger partial charge on any atom is -0.394 e. The summed E-state index contributed by atoms with van der Waals surface area (Å²) < 4.78 is 92.7. The van der Waals surface area contributed by atoms with Crippen LogP contribution in [0.1, 0.15) is 37.4 Å².